The van der Waals surface area contributed by atoms with E-state index in [1.807, 2.05) is 6.92 Å². The topological polar surface area (TPSA) is 46.2 Å². The minimum Gasteiger partial charge on any atom is -0.309 e. The van der Waals surface area contributed by atoms with Crippen LogP contribution in [0.25, 0.3) is 0 Å². The monoisotopic (exact) mass is 255 g/mol. The Morgan fingerprint density at radius 1 is 1.29 bits per heavy atom. The summed E-state index contributed by atoms with van der Waals surface area (Å²) in [6.07, 6.45) is 1.27. The van der Waals surface area contributed by atoms with Gasteiger partial charge in [0.25, 0.3) is 0 Å². The lowest BCUT2D eigenvalue weighted by Gasteiger charge is -2.14. The van der Waals surface area contributed by atoms with Gasteiger partial charge < -0.3 is 5.32 Å². The van der Waals surface area contributed by atoms with Crippen LogP contribution in [0, 0.1) is 13.8 Å². The molecular formula is C13H21NO2S. The first-order chi connectivity index (χ1) is 7.78. The summed E-state index contributed by atoms with van der Waals surface area (Å²) in [5, 5.41) is 3.24. The van der Waals surface area contributed by atoms with Crippen molar-refractivity contribution in [1.29, 1.82) is 0 Å². The minimum absolute atomic E-state index is 0.0225. The number of sulfone groups is 1. The van der Waals surface area contributed by atoms with E-state index < -0.39 is 9.84 Å². The summed E-state index contributed by atoms with van der Waals surface area (Å²) in [5.74, 6) is 0.178. The van der Waals surface area contributed by atoms with E-state index in [-0.39, 0.29) is 11.8 Å². The molecular weight excluding hydrogens is 234 g/mol. The second kappa shape index (κ2) is 5.65. The van der Waals surface area contributed by atoms with Crippen LogP contribution in [0.15, 0.2) is 18.2 Å². The summed E-state index contributed by atoms with van der Waals surface area (Å²) in [4.78, 5) is 0. The van der Waals surface area contributed by atoms with Gasteiger partial charge in [-0.05, 0) is 31.9 Å². The van der Waals surface area contributed by atoms with Gasteiger partial charge in [-0.15, -0.1) is 0 Å². The average Bonchev–Trinajstić information content (AvgIpc) is 2.13. The standard InChI is InChI=1S/C13H21NO2S/c1-10-5-6-13(11(2)7-10)8-14-12(3)9-17(4,15)16/h5-7,12,14H,8-9H2,1-4H3. The van der Waals surface area contributed by atoms with Crippen LogP contribution in [0.5, 0.6) is 0 Å². The Bertz CT molecular complexity index is 480. The van der Waals surface area contributed by atoms with Crippen molar-refractivity contribution in [3.8, 4) is 0 Å². The van der Waals surface area contributed by atoms with E-state index in [1.165, 1.54) is 22.9 Å². The van der Waals surface area contributed by atoms with E-state index in [4.69, 9.17) is 0 Å². The number of hydrogen-bond acceptors (Lipinski definition) is 3. The Morgan fingerprint density at radius 2 is 1.94 bits per heavy atom. The first-order valence-electron chi connectivity index (χ1n) is 5.75. The second-order valence-electron chi connectivity index (χ2n) is 4.80. The first kappa shape index (κ1) is 14.2. The van der Waals surface area contributed by atoms with Gasteiger partial charge in [-0.25, -0.2) is 8.42 Å². The van der Waals surface area contributed by atoms with Crippen molar-refractivity contribution >= 4 is 9.84 Å². The molecule has 1 aromatic rings. The van der Waals surface area contributed by atoms with Gasteiger partial charge in [0.1, 0.15) is 9.84 Å². The molecule has 1 unspecified atom stereocenters. The zero-order valence-corrected chi connectivity index (χ0v) is 11.8. The normalized spacial score (nSPS) is 13.6. The molecule has 96 valence electrons. The third-order valence-corrected chi connectivity index (χ3v) is 3.80. The molecule has 0 heterocycles. The van der Waals surface area contributed by atoms with Crippen LogP contribution in [0.4, 0.5) is 0 Å². The van der Waals surface area contributed by atoms with Crippen LogP contribution in [-0.4, -0.2) is 26.5 Å². The summed E-state index contributed by atoms with van der Waals surface area (Å²) in [5.41, 5.74) is 3.70. The summed E-state index contributed by atoms with van der Waals surface area (Å²) in [6, 6.07) is 6.28. The average molecular weight is 255 g/mol. The predicted molar refractivity (Wildman–Crippen MR) is 71.9 cm³/mol. The van der Waals surface area contributed by atoms with Gasteiger partial charge in [-0.2, -0.15) is 0 Å². The fraction of sp³-hybridized carbons (Fsp3) is 0.538. The molecule has 1 aromatic carbocycles. The molecule has 3 nitrogen and oxygen atoms in total. The van der Waals surface area contributed by atoms with Crippen molar-refractivity contribution < 1.29 is 8.42 Å². The fourth-order valence-corrected chi connectivity index (χ4v) is 2.87. The summed E-state index contributed by atoms with van der Waals surface area (Å²) < 4.78 is 22.2. The highest BCUT2D eigenvalue weighted by Gasteiger charge is 2.10. The number of rotatable bonds is 5. The Morgan fingerprint density at radius 3 is 2.47 bits per heavy atom. The molecule has 0 spiro atoms. The molecule has 0 bridgehead atoms. The van der Waals surface area contributed by atoms with Gasteiger partial charge in [0.15, 0.2) is 0 Å². The minimum atomic E-state index is -2.91. The van der Waals surface area contributed by atoms with Crippen molar-refractivity contribution in [3.05, 3.63) is 34.9 Å². The molecule has 0 amide bonds. The van der Waals surface area contributed by atoms with E-state index in [1.54, 1.807) is 0 Å². The summed E-state index contributed by atoms with van der Waals surface area (Å²) in [6.45, 7) is 6.75. The molecule has 0 aliphatic rings. The SMILES string of the molecule is Cc1ccc(CNC(C)CS(C)(=O)=O)c(C)c1. The maximum absolute atomic E-state index is 11.1. The third kappa shape index (κ3) is 5.33. The largest absolute Gasteiger partial charge is 0.309 e. The van der Waals surface area contributed by atoms with E-state index in [2.05, 4.69) is 37.4 Å². The van der Waals surface area contributed by atoms with E-state index in [0.717, 1.165) is 0 Å². The van der Waals surface area contributed by atoms with E-state index >= 15 is 0 Å². The molecule has 1 N–H and O–H groups in total. The summed E-state index contributed by atoms with van der Waals surface area (Å²) >= 11 is 0. The number of hydrogen-bond donors (Lipinski definition) is 1. The van der Waals surface area contributed by atoms with Crippen LogP contribution in [-0.2, 0) is 16.4 Å². The maximum atomic E-state index is 11.1. The number of benzene rings is 1. The lowest BCUT2D eigenvalue weighted by Crippen LogP contribution is -2.32. The van der Waals surface area contributed by atoms with Crippen molar-refractivity contribution in [2.45, 2.75) is 33.4 Å². The van der Waals surface area contributed by atoms with Crippen LogP contribution >= 0.6 is 0 Å². The van der Waals surface area contributed by atoms with Crippen LogP contribution in [0.2, 0.25) is 0 Å². The Kier molecular flexibility index (Phi) is 4.71. The van der Waals surface area contributed by atoms with Gasteiger partial charge in [0.2, 0.25) is 0 Å². The highest BCUT2D eigenvalue weighted by Crippen LogP contribution is 2.10. The van der Waals surface area contributed by atoms with Gasteiger partial charge in [0.05, 0.1) is 5.75 Å². The first-order valence-corrected chi connectivity index (χ1v) is 7.81. The summed E-state index contributed by atoms with van der Waals surface area (Å²) in [7, 11) is -2.91. The van der Waals surface area contributed by atoms with Gasteiger partial charge in [0, 0.05) is 18.8 Å². The van der Waals surface area contributed by atoms with Gasteiger partial charge >= 0.3 is 0 Å². The molecule has 17 heavy (non-hydrogen) atoms. The predicted octanol–water partition coefficient (Wildman–Crippen LogP) is 1.83. The Labute approximate surface area is 104 Å². The molecule has 0 radical (unpaired) electrons. The zero-order chi connectivity index (χ0) is 13.1. The lowest BCUT2D eigenvalue weighted by molar-refractivity contribution is 0.559. The van der Waals surface area contributed by atoms with E-state index in [0.29, 0.717) is 6.54 Å². The van der Waals surface area contributed by atoms with Crippen molar-refractivity contribution in [1.82, 2.24) is 5.32 Å². The highest BCUT2D eigenvalue weighted by atomic mass is 32.2. The Balaban J connectivity index is 2.56. The molecule has 0 aliphatic carbocycles. The lowest BCUT2D eigenvalue weighted by atomic mass is 10.1. The second-order valence-corrected chi connectivity index (χ2v) is 6.99. The molecule has 0 fully saturated rings. The molecule has 0 aliphatic heterocycles. The van der Waals surface area contributed by atoms with Crippen LogP contribution in [0.1, 0.15) is 23.6 Å². The van der Waals surface area contributed by atoms with Gasteiger partial charge in [-0.1, -0.05) is 23.8 Å². The third-order valence-electron chi connectivity index (χ3n) is 2.69. The highest BCUT2D eigenvalue weighted by molar-refractivity contribution is 7.90. The quantitative estimate of drug-likeness (QED) is 0.873. The molecule has 1 rings (SSSR count). The molecule has 1 atom stereocenters. The van der Waals surface area contributed by atoms with Gasteiger partial charge in [-0.3, -0.25) is 0 Å². The Hall–Kier alpha value is -0.870. The smallest absolute Gasteiger partial charge is 0.148 e. The molecule has 0 aromatic heterocycles. The fourth-order valence-electron chi connectivity index (χ4n) is 1.84. The molecule has 4 heteroatoms. The number of nitrogens with one attached hydrogen (secondary N) is 1. The molecule has 0 saturated heterocycles. The van der Waals surface area contributed by atoms with Crippen molar-refractivity contribution in [2.24, 2.45) is 0 Å². The maximum Gasteiger partial charge on any atom is 0.148 e. The molecule has 0 saturated carbocycles. The van der Waals surface area contributed by atoms with Crippen LogP contribution < -0.4 is 5.32 Å². The van der Waals surface area contributed by atoms with Crippen molar-refractivity contribution in [2.75, 3.05) is 12.0 Å². The number of aryl methyl sites for hydroxylation is 2. The van der Waals surface area contributed by atoms with E-state index in [9.17, 15) is 8.42 Å². The van der Waals surface area contributed by atoms with Crippen molar-refractivity contribution in [3.63, 3.8) is 0 Å². The zero-order valence-electron chi connectivity index (χ0n) is 10.9. The van der Waals surface area contributed by atoms with Crippen LogP contribution in [0.3, 0.4) is 0 Å².